The topological polar surface area (TPSA) is 130 Å². The fraction of sp³-hybridized carbons (Fsp3) is 0.769. The van der Waals surface area contributed by atoms with Crippen LogP contribution in [0.5, 0.6) is 0 Å². The number of nitrogens with one attached hydrogen (secondary N) is 1. The van der Waals surface area contributed by atoms with Gasteiger partial charge in [-0.15, -0.1) is 0 Å². The van der Waals surface area contributed by atoms with Crippen LogP contribution in [0.2, 0.25) is 0 Å². The van der Waals surface area contributed by atoms with Crippen LogP contribution < -0.4 is 5.32 Å². The molecule has 0 bridgehead atoms. The second kappa shape index (κ2) is 8.65. The SMILES string of the molecule is CNC(=O)OC[C@@H]1OC(OC)[C@H](OC(C)=O)C(O)C1OC(C)=O. The summed E-state index contributed by atoms with van der Waals surface area (Å²) in [5, 5.41) is 12.6. The van der Waals surface area contributed by atoms with Crippen molar-refractivity contribution in [2.75, 3.05) is 20.8 Å². The fourth-order valence-electron chi connectivity index (χ4n) is 2.10. The molecular weight excluding hydrogens is 314 g/mol. The standard InChI is InChI=1S/C13H21NO9/c1-6(15)21-10-8(5-20-13(18)14-3)23-12(19-4)11(9(10)17)22-7(2)16/h8-12,17H,5H2,1-4H3,(H,14,18)/t8-,9?,10?,11+,12?/m0/s1. The van der Waals surface area contributed by atoms with Crippen molar-refractivity contribution in [3.05, 3.63) is 0 Å². The highest BCUT2D eigenvalue weighted by atomic mass is 16.7. The van der Waals surface area contributed by atoms with Crippen LogP contribution in [-0.4, -0.2) is 74.6 Å². The van der Waals surface area contributed by atoms with Crippen LogP contribution in [0.3, 0.4) is 0 Å². The number of alkyl carbamates (subject to hydrolysis) is 1. The van der Waals surface area contributed by atoms with Crippen LogP contribution in [0.25, 0.3) is 0 Å². The van der Waals surface area contributed by atoms with Crippen LogP contribution in [0, 0.1) is 0 Å². The number of esters is 2. The number of carbonyl (C=O) groups excluding carboxylic acids is 3. The predicted molar refractivity (Wildman–Crippen MR) is 73.2 cm³/mol. The highest BCUT2D eigenvalue weighted by molar-refractivity contribution is 5.67. The van der Waals surface area contributed by atoms with E-state index in [1.54, 1.807) is 0 Å². The smallest absolute Gasteiger partial charge is 0.406 e. The molecule has 10 nitrogen and oxygen atoms in total. The highest BCUT2D eigenvalue weighted by Gasteiger charge is 2.49. The van der Waals surface area contributed by atoms with E-state index >= 15 is 0 Å². The number of hydrogen-bond acceptors (Lipinski definition) is 9. The summed E-state index contributed by atoms with van der Waals surface area (Å²) >= 11 is 0. The summed E-state index contributed by atoms with van der Waals surface area (Å²) in [4.78, 5) is 33.5. The third kappa shape index (κ3) is 5.34. The first-order chi connectivity index (χ1) is 10.8. The molecule has 2 N–H and O–H groups in total. The molecule has 0 aromatic carbocycles. The Kier molecular flexibility index (Phi) is 7.20. The normalized spacial score (nSPS) is 30.2. The zero-order valence-corrected chi connectivity index (χ0v) is 13.3. The Hall–Kier alpha value is -1.91. The lowest BCUT2D eigenvalue weighted by Gasteiger charge is -2.42. The van der Waals surface area contributed by atoms with Gasteiger partial charge in [-0.25, -0.2) is 4.79 Å². The predicted octanol–water partition coefficient (Wildman–Crippen LogP) is -1.06. The molecule has 0 spiro atoms. The van der Waals surface area contributed by atoms with Crippen LogP contribution in [0.1, 0.15) is 13.8 Å². The number of hydrogen-bond donors (Lipinski definition) is 2. The van der Waals surface area contributed by atoms with Gasteiger partial charge >= 0.3 is 18.0 Å². The monoisotopic (exact) mass is 335 g/mol. The Morgan fingerprint density at radius 3 is 2.17 bits per heavy atom. The summed E-state index contributed by atoms with van der Waals surface area (Å²) in [6.07, 6.45) is -6.64. The maximum absolute atomic E-state index is 11.2. The molecule has 1 amide bonds. The lowest BCUT2D eigenvalue weighted by molar-refractivity contribution is -0.299. The van der Waals surface area contributed by atoms with E-state index in [0.29, 0.717) is 0 Å². The third-order valence-corrected chi connectivity index (χ3v) is 3.04. The van der Waals surface area contributed by atoms with Gasteiger partial charge in [0.1, 0.15) is 18.8 Å². The van der Waals surface area contributed by atoms with Crippen molar-refractivity contribution in [2.45, 2.75) is 44.6 Å². The molecule has 0 aromatic rings. The third-order valence-electron chi connectivity index (χ3n) is 3.04. The van der Waals surface area contributed by atoms with Gasteiger partial charge < -0.3 is 34.1 Å². The summed E-state index contributed by atoms with van der Waals surface area (Å²) in [7, 11) is 2.66. The van der Waals surface area contributed by atoms with Crippen LogP contribution in [0.15, 0.2) is 0 Å². The molecule has 3 unspecified atom stereocenters. The average Bonchev–Trinajstić information content (AvgIpc) is 2.49. The van der Waals surface area contributed by atoms with Gasteiger partial charge in [0.15, 0.2) is 18.5 Å². The number of aliphatic hydroxyl groups is 1. The van der Waals surface area contributed by atoms with E-state index in [-0.39, 0.29) is 6.61 Å². The Bertz CT molecular complexity index is 441. The zero-order chi connectivity index (χ0) is 17.6. The van der Waals surface area contributed by atoms with E-state index in [9.17, 15) is 19.5 Å². The number of rotatable bonds is 5. The van der Waals surface area contributed by atoms with Crippen LogP contribution in [0.4, 0.5) is 4.79 Å². The van der Waals surface area contributed by atoms with Gasteiger partial charge in [0.25, 0.3) is 0 Å². The number of aliphatic hydroxyl groups excluding tert-OH is 1. The molecule has 0 aliphatic carbocycles. The maximum Gasteiger partial charge on any atom is 0.406 e. The zero-order valence-electron chi connectivity index (χ0n) is 13.3. The molecule has 132 valence electrons. The Labute approximate surface area is 133 Å². The average molecular weight is 335 g/mol. The van der Waals surface area contributed by atoms with Crippen molar-refractivity contribution >= 4 is 18.0 Å². The molecule has 1 rings (SSSR count). The first-order valence-electron chi connectivity index (χ1n) is 6.85. The second-order valence-electron chi connectivity index (χ2n) is 4.77. The lowest BCUT2D eigenvalue weighted by Crippen LogP contribution is -2.61. The number of ether oxygens (including phenoxy) is 5. The van der Waals surface area contributed by atoms with Crippen molar-refractivity contribution in [3.63, 3.8) is 0 Å². The quantitative estimate of drug-likeness (QED) is 0.477. The van der Waals surface area contributed by atoms with E-state index in [1.165, 1.54) is 14.2 Å². The molecule has 1 aliphatic rings. The van der Waals surface area contributed by atoms with E-state index in [2.05, 4.69) is 5.32 Å². The molecule has 5 atom stereocenters. The largest absolute Gasteiger partial charge is 0.457 e. The first-order valence-corrected chi connectivity index (χ1v) is 6.85. The van der Waals surface area contributed by atoms with Gasteiger partial charge in [0.2, 0.25) is 0 Å². The van der Waals surface area contributed by atoms with Crippen molar-refractivity contribution in [1.82, 2.24) is 5.32 Å². The molecule has 1 saturated heterocycles. The fourth-order valence-corrected chi connectivity index (χ4v) is 2.10. The van der Waals surface area contributed by atoms with Gasteiger partial charge in [-0.1, -0.05) is 0 Å². The summed E-state index contributed by atoms with van der Waals surface area (Å²) in [6, 6.07) is 0. The molecule has 1 aliphatic heterocycles. The lowest BCUT2D eigenvalue weighted by atomic mass is 9.98. The molecule has 0 aromatic heterocycles. The van der Waals surface area contributed by atoms with Gasteiger partial charge in [-0.05, 0) is 0 Å². The van der Waals surface area contributed by atoms with Crippen LogP contribution >= 0.6 is 0 Å². The molecule has 0 radical (unpaired) electrons. The minimum atomic E-state index is -1.42. The Balaban J connectivity index is 2.92. The summed E-state index contributed by atoms with van der Waals surface area (Å²) in [6.45, 7) is 2.00. The molecule has 1 fully saturated rings. The van der Waals surface area contributed by atoms with Gasteiger partial charge in [0.05, 0.1) is 0 Å². The number of amides is 1. The molecule has 0 saturated carbocycles. The minimum Gasteiger partial charge on any atom is -0.457 e. The van der Waals surface area contributed by atoms with Crippen molar-refractivity contribution in [2.24, 2.45) is 0 Å². The highest BCUT2D eigenvalue weighted by Crippen LogP contribution is 2.27. The number of carbonyl (C=O) groups is 3. The first kappa shape index (κ1) is 19.1. The van der Waals surface area contributed by atoms with Crippen molar-refractivity contribution in [3.8, 4) is 0 Å². The molecule has 23 heavy (non-hydrogen) atoms. The molecule has 10 heteroatoms. The number of methoxy groups -OCH3 is 1. The summed E-state index contributed by atoms with van der Waals surface area (Å²) < 4.78 is 25.4. The van der Waals surface area contributed by atoms with E-state index in [0.717, 1.165) is 13.8 Å². The Morgan fingerprint density at radius 2 is 1.70 bits per heavy atom. The van der Waals surface area contributed by atoms with Gasteiger partial charge in [0, 0.05) is 28.0 Å². The molecule has 1 heterocycles. The van der Waals surface area contributed by atoms with E-state index in [1.807, 2.05) is 0 Å². The minimum absolute atomic E-state index is 0.304. The second-order valence-corrected chi connectivity index (χ2v) is 4.77. The van der Waals surface area contributed by atoms with Crippen LogP contribution in [-0.2, 0) is 33.3 Å². The van der Waals surface area contributed by atoms with E-state index < -0.39 is 48.7 Å². The van der Waals surface area contributed by atoms with E-state index in [4.69, 9.17) is 23.7 Å². The molecular formula is C13H21NO9. The summed E-state index contributed by atoms with van der Waals surface area (Å²) in [5.41, 5.74) is 0. The van der Waals surface area contributed by atoms with Crippen molar-refractivity contribution in [1.29, 1.82) is 0 Å². The maximum atomic E-state index is 11.2. The van der Waals surface area contributed by atoms with Gasteiger partial charge in [-0.3, -0.25) is 9.59 Å². The Morgan fingerprint density at radius 1 is 1.13 bits per heavy atom. The van der Waals surface area contributed by atoms with Crippen molar-refractivity contribution < 1.29 is 43.2 Å². The summed E-state index contributed by atoms with van der Waals surface area (Å²) in [5.74, 6) is -1.35. The van der Waals surface area contributed by atoms with Gasteiger partial charge in [-0.2, -0.15) is 0 Å².